The summed E-state index contributed by atoms with van der Waals surface area (Å²) in [7, 11) is 0. The fourth-order valence-corrected chi connectivity index (χ4v) is 0.703. The molecule has 0 aliphatic carbocycles. The number of esters is 2. The molecule has 0 N–H and O–H groups in total. The number of carbonyl (C=O) groups excluding carboxylic acids is 2. The minimum atomic E-state index is -0.878. The van der Waals surface area contributed by atoms with E-state index in [1.165, 1.54) is 13.0 Å². The van der Waals surface area contributed by atoms with E-state index in [0.717, 1.165) is 0 Å². The molecule has 0 aromatic heterocycles. The minimum Gasteiger partial charge on any atom is -0.463 e. The quantitative estimate of drug-likeness (QED) is 0.516. The molecular weight excluding hydrogens is 196 g/mol. The number of hydrogen-bond acceptors (Lipinski definition) is 4. The Bertz CT molecular complexity index is 255. The van der Waals surface area contributed by atoms with Crippen LogP contribution in [-0.2, 0) is 19.1 Å². The summed E-state index contributed by atoms with van der Waals surface area (Å²) >= 11 is 0. The topological polar surface area (TPSA) is 52.6 Å². The summed E-state index contributed by atoms with van der Waals surface area (Å²) in [5.41, 5.74) is -0.791. The van der Waals surface area contributed by atoms with Crippen molar-refractivity contribution in [3.05, 3.63) is 12.7 Å². The summed E-state index contributed by atoms with van der Waals surface area (Å²) in [4.78, 5) is 22.7. The van der Waals surface area contributed by atoms with Crippen LogP contribution in [0, 0.1) is 5.41 Å². The van der Waals surface area contributed by atoms with Crippen molar-refractivity contribution in [2.45, 2.75) is 33.8 Å². The van der Waals surface area contributed by atoms with Gasteiger partial charge in [-0.3, -0.25) is 4.79 Å². The van der Waals surface area contributed by atoms with E-state index < -0.39 is 23.5 Å². The lowest BCUT2D eigenvalue weighted by Crippen LogP contribution is -2.32. The van der Waals surface area contributed by atoms with Gasteiger partial charge < -0.3 is 9.47 Å². The van der Waals surface area contributed by atoms with Gasteiger partial charge in [-0.15, -0.1) is 6.58 Å². The van der Waals surface area contributed by atoms with E-state index in [-0.39, 0.29) is 6.61 Å². The van der Waals surface area contributed by atoms with Crippen LogP contribution in [0.5, 0.6) is 0 Å². The maximum Gasteiger partial charge on any atom is 0.347 e. The van der Waals surface area contributed by atoms with Gasteiger partial charge in [-0.25, -0.2) is 4.79 Å². The molecule has 0 amide bonds. The van der Waals surface area contributed by atoms with Crippen molar-refractivity contribution in [2.24, 2.45) is 5.41 Å². The Hall–Kier alpha value is -1.32. The van der Waals surface area contributed by atoms with Gasteiger partial charge in [0.25, 0.3) is 0 Å². The number of rotatable bonds is 5. The molecule has 0 heterocycles. The molecule has 0 aromatic rings. The van der Waals surface area contributed by atoms with Crippen molar-refractivity contribution in [3.63, 3.8) is 0 Å². The van der Waals surface area contributed by atoms with Gasteiger partial charge in [0, 0.05) is 0 Å². The highest BCUT2D eigenvalue weighted by Gasteiger charge is 2.29. The van der Waals surface area contributed by atoms with E-state index in [2.05, 4.69) is 6.58 Å². The zero-order valence-electron chi connectivity index (χ0n) is 9.70. The summed E-state index contributed by atoms with van der Waals surface area (Å²) in [6.45, 7) is 10.3. The van der Waals surface area contributed by atoms with Crippen LogP contribution in [0.15, 0.2) is 12.7 Å². The third-order valence-electron chi connectivity index (χ3n) is 1.94. The lowest BCUT2D eigenvalue weighted by molar-refractivity contribution is -0.170. The van der Waals surface area contributed by atoms with Crippen LogP contribution in [0.25, 0.3) is 0 Å². The second-order valence-corrected chi connectivity index (χ2v) is 3.73. The van der Waals surface area contributed by atoms with E-state index >= 15 is 0 Å². The minimum absolute atomic E-state index is 0.269. The second-order valence-electron chi connectivity index (χ2n) is 3.73. The molecule has 4 nitrogen and oxygen atoms in total. The Morgan fingerprint density at radius 1 is 1.47 bits per heavy atom. The Balaban J connectivity index is 4.30. The van der Waals surface area contributed by atoms with Crippen LogP contribution in [0.2, 0.25) is 0 Å². The number of carbonyl (C=O) groups is 2. The van der Waals surface area contributed by atoms with E-state index in [1.54, 1.807) is 20.8 Å². The molecular formula is C11H18O4. The van der Waals surface area contributed by atoms with Gasteiger partial charge in [-0.05, 0) is 27.7 Å². The van der Waals surface area contributed by atoms with Gasteiger partial charge in [0.1, 0.15) is 0 Å². The fraction of sp³-hybridized carbons (Fsp3) is 0.636. The Kier molecular flexibility index (Phi) is 5.05. The number of hydrogen-bond donors (Lipinski definition) is 0. The van der Waals surface area contributed by atoms with Crippen LogP contribution < -0.4 is 0 Å². The predicted molar refractivity (Wildman–Crippen MR) is 56.2 cm³/mol. The summed E-state index contributed by atoms with van der Waals surface area (Å²) in [5.74, 6) is -1.02. The molecule has 0 radical (unpaired) electrons. The standard InChI is InChI=1S/C11H18O4/c1-6-11(4,5)10(13)15-8(3)9(12)14-7-2/h6,8H,1,7H2,2-5H3. The maximum atomic E-state index is 11.5. The van der Waals surface area contributed by atoms with Crippen molar-refractivity contribution in [3.8, 4) is 0 Å². The van der Waals surface area contributed by atoms with Crippen molar-refractivity contribution < 1.29 is 19.1 Å². The second kappa shape index (κ2) is 5.53. The van der Waals surface area contributed by atoms with E-state index in [1.807, 2.05) is 0 Å². The molecule has 0 saturated carbocycles. The molecule has 0 saturated heterocycles. The first-order valence-corrected chi connectivity index (χ1v) is 4.86. The van der Waals surface area contributed by atoms with Gasteiger partial charge in [0.05, 0.1) is 12.0 Å². The first-order valence-electron chi connectivity index (χ1n) is 4.86. The first-order chi connectivity index (χ1) is 6.85. The van der Waals surface area contributed by atoms with Crippen LogP contribution >= 0.6 is 0 Å². The highest BCUT2D eigenvalue weighted by atomic mass is 16.6. The molecule has 15 heavy (non-hydrogen) atoms. The molecule has 0 rings (SSSR count). The Morgan fingerprint density at radius 3 is 2.40 bits per heavy atom. The average Bonchev–Trinajstić information content (AvgIpc) is 2.17. The molecule has 4 heteroatoms. The molecule has 1 atom stereocenters. The van der Waals surface area contributed by atoms with E-state index in [9.17, 15) is 9.59 Å². The highest BCUT2D eigenvalue weighted by Crippen LogP contribution is 2.19. The van der Waals surface area contributed by atoms with Crippen LogP contribution in [0.1, 0.15) is 27.7 Å². The van der Waals surface area contributed by atoms with Crippen molar-refractivity contribution in [1.82, 2.24) is 0 Å². The summed E-state index contributed by atoms with van der Waals surface area (Å²) in [6, 6.07) is 0. The monoisotopic (exact) mass is 214 g/mol. The molecule has 0 bridgehead atoms. The summed E-state index contributed by atoms with van der Waals surface area (Å²) in [5, 5.41) is 0. The van der Waals surface area contributed by atoms with Crippen LogP contribution in [-0.4, -0.2) is 24.6 Å². The largest absolute Gasteiger partial charge is 0.463 e. The van der Waals surface area contributed by atoms with Gasteiger partial charge in [0.15, 0.2) is 6.10 Å². The van der Waals surface area contributed by atoms with Crippen molar-refractivity contribution >= 4 is 11.9 Å². The van der Waals surface area contributed by atoms with E-state index in [0.29, 0.717) is 0 Å². The highest BCUT2D eigenvalue weighted by molar-refractivity contribution is 5.82. The zero-order chi connectivity index (χ0) is 12.1. The lowest BCUT2D eigenvalue weighted by Gasteiger charge is -2.20. The molecule has 0 aromatic carbocycles. The molecule has 0 aliphatic rings. The smallest absolute Gasteiger partial charge is 0.347 e. The first kappa shape index (κ1) is 13.7. The van der Waals surface area contributed by atoms with Crippen LogP contribution in [0.4, 0.5) is 0 Å². The van der Waals surface area contributed by atoms with Gasteiger partial charge in [-0.1, -0.05) is 6.08 Å². The van der Waals surface area contributed by atoms with Gasteiger partial charge >= 0.3 is 11.9 Å². The fourth-order valence-electron chi connectivity index (χ4n) is 0.703. The molecule has 0 spiro atoms. The summed E-state index contributed by atoms with van der Waals surface area (Å²) < 4.78 is 9.64. The third-order valence-corrected chi connectivity index (χ3v) is 1.94. The molecule has 0 aliphatic heterocycles. The zero-order valence-corrected chi connectivity index (χ0v) is 9.70. The molecule has 86 valence electrons. The Labute approximate surface area is 90.2 Å². The van der Waals surface area contributed by atoms with E-state index in [4.69, 9.17) is 9.47 Å². The molecule has 0 fully saturated rings. The average molecular weight is 214 g/mol. The normalized spacial score (nSPS) is 12.8. The van der Waals surface area contributed by atoms with Gasteiger partial charge in [0.2, 0.25) is 0 Å². The predicted octanol–water partition coefficient (Wildman–Crippen LogP) is 1.69. The Morgan fingerprint density at radius 2 is 2.00 bits per heavy atom. The summed E-state index contributed by atoms with van der Waals surface area (Å²) in [6.07, 6.45) is 0.601. The van der Waals surface area contributed by atoms with Gasteiger partial charge in [-0.2, -0.15) is 0 Å². The SMILES string of the molecule is C=CC(C)(C)C(=O)OC(C)C(=O)OCC. The van der Waals surface area contributed by atoms with Crippen LogP contribution in [0.3, 0.4) is 0 Å². The lowest BCUT2D eigenvalue weighted by atomic mass is 9.94. The van der Waals surface area contributed by atoms with Crippen molar-refractivity contribution in [2.75, 3.05) is 6.61 Å². The number of ether oxygens (including phenoxy) is 2. The van der Waals surface area contributed by atoms with Crippen molar-refractivity contribution in [1.29, 1.82) is 0 Å². The third kappa shape index (κ3) is 4.14. The molecule has 1 unspecified atom stereocenters. The maximum absolute atomic E-state index is 11.5.